The molecule has 3 atom stereocenters. The van der Waals surface area contributed by atoms with Crippen LogP contribution in [-0.2, 0) is 4.79 Å². The van der Waals surface area contributed by atoms with E-state index in [-0.39, 0.29) is 0 Å². The Bertz CT molecular complexity index is 349. The van der Waals surface area contributed by atoms with Gasteiger partial charge >= 0.3 is 0 Å². The molecule has 2 saturated heterocycles. The normalized spacial score (nSPS) is 29.4. The van der Waals surface area contributed by atoms with E-state index in [1.165, 1.54) is 32.1 Å². The molecule has 0 aromatic heterocycles. The molecule has 1 amide bonds. The maximum absolute atomic E-state index is 12.9. The molecule has 2 aliphatic rings. The van der Waals surface area contributed by atoms with Gasteiger partial charge in [-0.2, -0.15) is 0 Å². The second-order valence-corrected chi connectivity index (χ2v) is 8.14. The minimum Gasteiger partial charge on any atom is -0.339 e. The molecule has 2 rings (SSSR count). The summed E-state index contributed by atoms with van der Waals surface area (Å²) in [5.74, 6) is 3.01. The number of nitrogens with zero attached hydrogens (tertiary/aromatic N) is 1. The molecule has 2 aliphatic heterocycles. The zero-order valence-corrected chi connectivity index (χ0v) is 15.1. The van der Waals surface area contributed by atoms with Gasteiger partial charge in [0.1, 0.15) is 0 Å². The molecular weight excluding hydrogens is 272 g/mol. The van der Waals surface area contributed by atoms with Crippen molar-refractivity contribution >= 4 is 5.91 Å². The van der Waals surface area contributed by atoms with Crippen molar-refractivity contribution in [1.29, 1.82) is 0 Å². The van der Waals surface area contributed by atoms with Crippen LogP contribution in [0.4, 0.5) is 0 Å². The van der Waals surface area contributed by atoms with Crippen LogP contribution in [0.3, 0.4) is 0 Å². The summed E-state index contributed by atoms with van der Waals surface area (Å²) in [4.78, 5) is 15.2. The first-order valence-corrected chi connectivity index (χ1v) is 9.49. The quantitative estimate of drug-likeness (QED) is 0.859. The molecule has 0 aromatic carbocycles. The van der Waals surface area contributed by atoms with Crippen LogP contribution in [-0.4, -0.2) is 36.5 Å². The van der Waals surface area contributed by atoms with Crippen molar-refractivity contribution in [1.82, 2.24) is 10.2 Å². The molecule has 128 valence electrons. The first-order chi connectivity index (χ1) is 10.5. The van der Waals surface area contributed by atoms with E-state index in [9.17, 15) is 4.79 Å². The first kappa shape index (κ1) is 17.8. The van der Waals surface area contributed by atoms with E-state index in [2.05, 4.69) is 37.9 Å². The molecule has 0 bridgehead atoms. The third-order valence-electron chi connectivity index (χ3n) is 5.99. The smallest absolute Gasteiger partial charge is 0.223 e. The molecule has 0 spiro atoms. The summed E-state index contributed by atoms with van der Waals surface area (Å²) >= 11 is 0. The number of amides is 1. The van der Waals surface area contributed by atoms with E-state index >= 15 is 0 Å². The second-order valence-electron chi connectivity index (χ2n) is 8.14. The van der Waals surface area contributed by atoms with Crippen LogP contribution in [0.5, 0.6) is 0 Å². The molecule has 0 aromatic rings. The minimum absolute atomic E-state index is 0.416. The highest BCUT2D eigenvalue weighted by atomic mass is 16.2. The monoisotopic (exact) mass is 308 g/mol. The van der Waals surface area contributed by atoms with Crippen LogP contribution in [0.2, 0.25) is 0 Å². The summed E-state index contributed by atoms with van der Waals surface area (Å²) in [6.45, 7) is 12.4. The molecule has 2 fully saturated rings. The zero-order chi connectivity index (χ0) is 16.1. The Kier molecular flexibility index (Phi) is 6.73. The number of carbonyl (C=O) groups excluding carboxylic acids is 1. The molecule has 0 saturated carbocycles. The Labute approximate surface area is 137 Å². The van der Waals surface area contributed by atoms with Gasteiger partial charge in [0.05, 0.1) is 0 Å². The lowest BCUT2D eigenvalue weighted by molar-refractivity contribution is -0.135. The Morgan fingerprint density at radius 2 is 1.77 bits per heavy atom. The van der Waals surface area contributed by atoms with Crippen molar-refractivity contribution in [3.8, 4) is 0 Å². The van der Waals surface area contributed by atoms with Gasteiger partial charge in [0.2, 0.25) is 5.91 Å². The Balaban J connectivity index is 1.95. The summed E-state index contributed by atoms with van der Waals surface area (Å²) < 4.78 is 0. The summed E-state index contributed by atoms with van der Waals surface area (Å²) in [6.07, 6.45) is 6.86. The lowest BCUT2D eigenvalue weighted by Gasteiger charge is -2.35. The fraction of sp³-hybridized carbons (Fsp3) is 0.947. The van der Waals surface area contributed by atoms with Gasteiger partial charge in [-0.05, 0) is 68.9 Å². The largest absolute Gasteiger partial charge is 0.339 e. The van der Waals surface area contributed by atoms with Gasteiger partial charge in [0.15, 0.2) is 0 Å². The van der Waals surface area contributed by atoms with E-state index in [4.69, 9.17) is 0 Å². The minimum atomic E-state index is 0.416. The lowest BCUT2D eigenvalue weighted by Crippen LogP contribution is -2.44. The fourth-order valence-corrected chi connectivity index (χ4v) is 4.26. The number of nitrogens with one attached hydrogen (secondary N) is 1. The van der Waals surface area contributed by atoms with Crippen molar-refractivity contribution in [2.75, 3.05) is 19.6 Å². The Morgan fingerprint density at radius 3 is 2.41 bits per heavy atom. The predicted octanol–water partition coefficient (Wildman–Crippen LogP) is 3.69. The van der Waals surface area contributed by atoms with E-state index in [0.717, 1.165) is 37.9 Å². The first-order valence-electron chi connectivity index (χ1n) is 9.49. The van der Waals surface area contributed by atoms with Crippen molar-refractivity contribution in [2.45, 2.75) is 72.3 Å². The molecule has 2 heterocycles. The second kappa shape index (κ2) is 8.33. The van der Waals surface area contributed by atoms with Crippen molar-refractivity contribution < 1.29 is 4.79 Å². The van der Waals surface area contributed by atoms with E-state index in [1.807, 2.05) is 0 Å². The van der Waals surface area contributed by atoms with Crippen molar-refractivity contribution in [3.63, 3.8) is 0 Å². The van der Waals surface area contributed by atoms with Gasteiger partial charge in [-0.3, -0.25) is 4.79 Å². The highest BCUT2D eigenvalue weighted by Gasteiger charge is 2.31. The molecule has 3 heteroatoms. The molecule has 3 nitrogen and oxygen atoms in total. The Morgan fingerprint density at radius 1 is 1.09 bits per heavy atom. The number of likely N-dealkylation sites (tertiary alicyclic amines) is 1. The SMILES string of the molecule is CC1CCC(C(C)C)N(C(=O)CC(C)C2CCNCC2)CC1. The van der Waals surface area contributed by atoms with E-state index in [0.29, 0.717) is 23.8 Å². The van der Waals surface area contributed by atoms with Crippen LogP contribution in [0.15, 0.2) is 0 Å². The molecule has 22 heavy (non-hydrogen) atoms. The third-order valence-corrected chi connectivity index (χ3v) is 5.99. The van der Waals surface area contributed by atoms with Crippen LogP contribution < -0.4 is 5.32 Å². The molecule has 3 unspecified atom stereocenters. The van der Waals surface area contributed by atoms with Gasteiger partial charge < -0.3 is 10.2 Å². The number of piperidine rings is 1. The topological polar surface area (TPSA) is 32.3 Å². The third kappa shape index (κ3) is 4.71. The average Bonchev–Trinajstić information content (AvgIpc) is 2.70. The van der Waals surface area contributed by atoms with Gasteiger partial charge in [-0.25, -0.2) is 0 Å². The van der Waals surface area contributed by atoms with Crippen LogP contribution in [0.1, 0.15) is 66.2 Å². The molecule has 0 radical (unpaired) electrons. The fourth-order valence-electron chi connectivity index (χ4n) is 4.26. The van der Waals surface area contributed by atoms with Crippen LogP contribution in [0, 0.1) is 23.7 Å². The number of carbonyl (C=O) groups is 1. The van der Waals surface area contributed by atoms with Crippen LogP contribution >= 0.6 is 0 Å². The zero-order valence-electron chi connectivity index (χ0n) is 15.1. The van der Waals surface area contributed by atoms with Gasteiger partial charge in [-0.1, -0.05) is 27.7 Å². The summed E-state index contributed by atoms with van der Waals surface area (Å²) in [6, 6.07) is 0.456. The summed E-state index contributed by atoms with van der Waals surface area (Å²) in [5.41, 5.74) is 0. The molecular formula is C19H36N2O. The summed E-state index contributed by atoms with van der Waals surface area (Å²) in [7, 11) is 0. The molecule has 0 aliphatic carbocycles. The molecule has 1 N–H and O–H groups in total. The van der Waals surface area contributed by atoms with E-state index < -0.39 is 0 Å². The lowest BCUT2D eigenvalue weighted by atomic mass is 9.83. The number of rotatable bonds is 4. The Hall–Kier alpha value is -0.570. The van der Waals surface area contributed by atoms with Gasteiger partial charge in [0.25, 0.3) is 0 Å². The maximum atomic E-state index is 12.9. The van der Waals surface area contributed by atoms with Gasteiger partial charge in [-0.15, -0.1) is 0 Å². The standard InChI is InChI=1S/C19H36N2O/c1-14(2)18-6-5-15(3)9-12-21(18)19(22)13-16(4)17-7-10-20-11-8-17/h14-18,20H,5-13H2,1-4H3. The average molecular weight is 309 g/mol. The highest BCUT2D eigenvalue weighted by molar-refractivity contribution is 5.76. The van der Waals surface area contributed by atoms with Crippen molar-refractivity contribution in [3.05, 3.63) is 0 Å². The van der Waals surface area contributed by atoms with Crippen molar-refractivity contribution in [2.24, 2.45) is 23.7 Å². The highest BCUT2D eigenvalue weighted by Crippen LogP contribution is 2.29. The van der Waals surface area contributed by atoms with Crippen LogP contribution in [0.25, 0.3) is 0 Å². The van der Waals surface area contributed by atoms with Gasteiger partial charge in [0, 0.05) is 19.0 Å². The number of hydrogen-bond acceptors (Lipinski definition) is 2. The number of hydrogen-bond donors (Lipinski definition) is 1. The maximum Gasteiger partial charge on any atom is 0.223 e. The van der Waals surface area contributed by atoms with E-state index in [1.54, 1.807) is 0 Å². The summed E-state index contributed by atoms with van der Waals surface area (Å²) in [5, 5.41) is 3.43. The predicted molar refractivity (Wildman–Crippen MR) is 92.7 cm³/mol.